The van der Waals surface area contributed by atoms with Gasteiger partial charge < -0.3 is 18.3 Å². The van der Waals surface area contributed by atoms with E-state index in [1.165, 1.54) is 110 Å². The summed E-state index contributed by atoms with van der Waals surface area (Å²) in [6, 6.07) is 131. The van der Waals surface area contributed by atoms with Crippen LogP contribution in [0, 0.1) is 0 Å². The summed E-state index contributed by atoms with van der Waals surface area (Å²) in [4.78, 5) is 9.85. The number of benzene rings is 14. The molecule has 0 bridgehead atoms. The largest absolute Gasteiger partial charge is 0.309 e. The molecule has 0 saturated heterocycles. The molecular weight excluding hydrogens is 1210 g/mol. The van der Waals surface area contributed by atoms with Crippen LogP contribution in [0.1, 0.15) is 0 Å². The van der Waals surface area contributed by atoms with Gasteiger partial charge in [0, 0.05) is 67.5 Å². The Bertz CT molecular complexity index is 6480. The van der Waals surface area contributed by atoms with E-state index in [2.05, 4.69) is 370 Å². The maximum atomic E-state index is 4.94. The lowest BCUT2D eigenvalue weighted by atomic mass is 9.98. The molecule has 20 aromatic rings. The Balaban J connectivity index is 0.000000139. The summed E-state index contributed by atoms with van der Waals surface area (Å²) in [7, 11) is 0. The Morgan fingerprint density at radius 3 is 0.900 bits per heavy atom. The van der Waals surface area contributed by atoms with Gasteiger partial charge in [-0.2, -0.15) is 0 Å². The first-order chi connectivity index (χ1) is 49.6. The van der Waals surface area contributed by atoms with E-state index >= 15 is 0 Å². The van der Waals surface area contributed by atoms with Gasteiger partial charge in [0.15, 0.2) is 0 Å². The summed E-state index contributed by atoms with van der Waals surface area (Å²) >= 11 is 0. The number of hydrogen-bond donors (Lipinski definition) is 0. The molecule has 6 nitrogen and oxygen atoms in total. The lowest BCUT2D eigenvalue weighted by molar-refractivity contribution is 1.18. The van der Waals surface area contributed by atoms with E-state index < -0.39 is 0 Å². The van der Waals surface area contributed by atoms with Crippen LogP contribution in [0.3, 0.4) is 0 Å². The van der Waals surface area contributed by atoms with Gasteiger partial charge in [-0.1, -0.05) is 243 Å². The van der Waals surface area contributed by atoms with Gasteiger partial charge in [-0.3, -0.25) is 9.97 Å². The summed E-state index contributed by atoms with van der Waals surface area (Å²) in [6.07, 6.45) is 3.80. The minimum absolute atomic E-state index is 1.00. The molecule has 0 spiro atoms. The van der Waals surface area contributed by atoms with Gasteiger partial charge in [-0.05, 0) is 188 Å². The van der Waals surface area contributed by atoms with Crippen LogP contribution >= 0.6 is 0 Å². The predicted octanol–water partition coefficient (Wildman–Crippen LogP) is 24.6. The highest BCUT2D eigenvalue weighted by molar-refractivity contribution is 6.19. The van der Waals surface area contributed by atoms with E-state index in [9.17, 15) is 0 Å². The molecule has 6 aromatic heterocycles. The number of fused-ring (bicyclic) bond motifs is 12. The fraction of sp³-hybridized carbons (Fsp3) is 0. The van der Waals surface area contributed by atoms with Crippen LogP contribution in [0.5, 0.6) is 0 Å². The summed E-state index contributed by atoms with van der Waals surface area (Å²) in [5.41, 5.74) is 30.2. The SMILES string of the molecule is c1ccc(-c2ccc(-n3c4ccc(-c5cccc6c5c5ccccc5n6-c5ccc(-c6ccccc6)cc5)cc4c4ncccc43)cc2)cc1.c1ccc(-c2cccc(-n3c4ccc(-c5cccc6c5c5ccccc5n6-c5cccc(-c6ccccc6)c5)cc4c4ncccc43)c2)cc1. The molecule has 0 radical (unpaired) electrons. The second-order valence-corrected chi connectivity index (χ2v) is 25.6. The number of para-hydroxylation sites is 2. The molecule has 0 aliphatic heterocycles. The minimum atomic E-state index is 1.00. The third-order valence-electron chi connectivity index (χ3n) is 19.9. The Hall–Kier alpha value is -13.4. The highest BCUT2D eigenvalue weighted by Crippen LogP contribution is 2.44. The van der Waals surface area contributed by atoms with Gasteiger partial charge >= 0.3 is 0 Å². The Morgan fingerprint density at radius 2 is 0.470 bits per heavy atom. The van der Waals surface area contributed by atoms with Gasteiger partial charge in [0.2, 0.25) is 0 Å². The molecule has 14 aromatic carbocycles. The molecule has 0 N–H and O–H groups in total. The molecule has 0 atom stereocenters. The Morgan fingerprint density at radius 1 is 0.170 bits per heavy atom. The van der Waals surface area contributed by atoms with Crippen molar-refractivity contribution in [3.8, 4) is 89.5 Å². The molecular formula is C94H62N6. The van der Waals surface area contributed by atoms with E-state index in [0.717, 1.165) is 66.6 Å². The normalized spacial score (nSPS) is 11.6. The first kappa shape index (κ1) is 58.0. The number of nitrogens with zero attached hydrogens (tertiary/aromatic N) is 6. The number of aromatic nitrogens is 6. The van der Waals surface area contributed by atoms with Crippen molar-refractivity contribution in [1.82, 2.24) is 28.2 Å². The van der Waals surface area contributed by atoms with Crippen LogP contribution < -0.4 is 0 Å². The van der Waals surface area contributed by atoms with Crippen molar-refractivity contribution in [1.29, 1.82) is 0 Å². The third-order valence-corrected chi connectivity index (χ3v) is 19.9. The zero-order valence-electron chi connectivity index (χ0n) is 54.5. The number of pyridine rings is 2. The van der Waals surface area contributed by atoms with Crippen molar-refractivity contribution in [2.75, 3.05) is 0 Å². The maximum Gasteiger partial charge on any atom is 0.0963 e. The zero-order chi connectivity index (χ0) is 66.0. The molecule has 0 unspecified atom stereocenters. The second kappa shape index (κ2) is 24.3. The topological polar surface area (TPSA) is 45.5 Å². The summed E-state index contributed by atoms with van der Waals surface area (Å²) in [5.74, 6) is 0. The summed E-state index contributed by atoms with van der Waals surface area (Å²) in [5, 5.41) is 7.26. The second-order valence-electron chi connectivity index (χ2n) is 25.6. The first-order valence-electron chi connectivity index (χ1n) is 34.1. The van der Waals surface area contributed by atoms with Crippen LogP contribution in [0.25, 0.3) is 177 Å². The molecule has 0 aliphatic rings. The lowest BCUT2D eigenvalue weighted by Gasteiger charge is -2.11. The van der Waals surface area contributed by atoms with Crippen molar-refractivity contribution in [2.45, 2.75) is 0 Å². The van der Waals surface area contributed by atoms with Crippen LogP contribution in [0.4, 0.5) is 0 Å². The minimum Gasteiger partial charge on any atom is -0.309 e. The average molecular weight is 1280 g/mol. The Labute approximate surface area is 578 Å². The maximum absolute atomic E-state index is 4.94. The van der Waals surface area contributed by atoms with Gasteiger partial charge in [0.05, 0.1) is 55.2 Å². The van der Waals surface area contributed by atoms with Crippen molar-refractivity contribution in [3.63, 3.8) is 0 Å². The molecule has 468 valence electrons. The van der Waals surface area contributed by atoms with Crippen LogP contribution in [-0.4, -0.2) is 28.2 Å². The lowest BCUT2D eigenvalue weighted by Crippen LogP contribution is -1.94. The van der Waals surface area contributed by atoms with E-state index in [4.69, 9.17) is 9.97 Å². The molecule has 100 heavy (non-hydrogen) atoms. The molecule has 0 amide bonds. The monoisotopic (exact) mass is 1270 g/mol. The highest BCUT2D eigenvalue weighted by Gasteiger charge is 2.22. The fourth-order valence-electron chi connectivity index (χ4n) is 15.4. The third kappa shape index (κ3) is 9.88. The van der Waals surface area contributed by atoms with Gasteiger partial charge in [-0.25, -0.2) is 0 Å². The van der Waals surface area contributed by atoms with Crippen LogP contribution in [-0.2, 0) is 0 Å². The smallest absolute Gasteiger partial charge is 0.0963 e. The Kier molecular flexibility index (Phi) is 14.1. The zero-order valence-corrected chi connectivity index (χ0v) is 54.5. The van der Waals surface area contributed by atoms with Crippen molar-refractivity contribution >= 4 is 87.5 Å². The molecule has 0 fully saturated rings. The van der Waals surface area contributed by atoms with Gasteiger partial charge in [0.1, 0.15) is 0 Å². The standard InChI is InChI=1S/2C47H31N3/c1-3-13-32(14-4-1)34-17-9-19-37(29-34)49-42-23-8-7-21-40(42)46-39(22-11-24-44(46)49)36-26-27-43-41(31-36)47-45(25-12-28-48-47)50(43)38-20-10-18-35(30-38)33-15-5-2-6-16-33;1-3-11-32(12-4-1)34-20-25-37(26-21-34)49-42-17-8-7-15-40(42)46-39(16-9-18-44(46)49)36-24-29-43-41(31-36)47-45(19-10-30-48-47)50(43)38-27-22-35(23-28-38)33-13-5-2-6-14-33/h2*1-31H. The van der Waals surface area contributed by atoms with Crippen LogP contribution in [0.15, 0.2) is 376 Å². The molecule has 0 saturated carbocycles. The summed E-state index contributed by atoms with van der Waals surface area (Å²) in [6.45, 7) is 0. The first-order valence-corrected chi connectivity index (χ1v) is 34.1. The fourth-order valence-corrected chi connectivity index (χ4v) is 15.4. The highest BCUT2D eigenvalue weighted by atomic mass is 15.0. The molecule has 20 rings (SSSR count). The van der Waals surface area contributed by atoms with Crippen LogP contribution in [0.2, 0.25) is 0 Å². The van der Waals surface area contributed by atoms with E-state index in [1.807, 2.05) is 24.5 Å². The molecule has 0 aliphatic carbocycles. The van der Waals surface area contributed by atoms with Gasteiger partial charge in [-0.15, -0.1) is 0 Å². The number of rotatable bonds is 10. The predicted molar refractivity (Wildman–Crippen MR) is 418 cm³/mol. The van der Waals surface area contributed by atoms with Crippen molar-refractivity contribution in [2.24, 2.45) is 0 Å². The van der Waals surface area contributed by atoms with E-state index in [-0.39, 0.29) is 0 Å². The van der Waals surface area contributed by atoms with Gasteiger partial charge in [0.25, 0.3) is 0 Å². The van der Waals surface area contributed by atoms with Crippen molar-refractivity contribution < 1.29 is 0 Å². The summed E-state index contributed by atoms with van der Waals surface area (Å²) < 4.78 is 9.49. The molecule has 6 heteroatoms. The van der Waals surface area contributed by atoms with E-state index in [0.29, 0.717) is 0 Å². The quantitative estimate of drug-likeness (QED) is 0.137. The number of hydrogen-bond acceptors (Lipinski definition) is 2. The van der Waals surface area contributed by atoms with E-state index in [1.54, 1.807) is 0 Å². The molecule has 6 heterocycles. The average Bonchev–Trinajstić information content (AvgIpc) is 1.58. The van der Waals surface area contributed by atoms with Crippen molar-refractivity contribution in [3.05, 3.63) is 376 Å².